The largest absolute Gasteiger partial charge is 0.493 e. The number of oxime groups is 1. The number of carbonyl (C=O) groups excluding carboxylic acids is 1. The Hall–Kier alpha value is -3.42. The quantitative estimate of drug-likeness (QED) is 0.514. The van der Waals surface area contributed by atoms with Crippen LogP contribution in [-0.4, -0.2) is 45.7 Å². The summed E-state index contributed by atoms with van der Waals surface area (Å²) in [5.41, 5.74) is 1.36. The van der Waals surface area contributed by atoms with Crippen LogP contribution in [0.3, 0.4) is 0 Å². The highest BCUT2D eigenvalue weighted by Crippen LogP contribution is 2.32. The van der Waals surface area contributed by atoms with Crippen LogP contribution in [0.4, 0.5) is 5.69 Å². The predicted molar refractivity (Wildman–Crippen MR) is 108 cm³/mol. The maximum absolute atomic E-state index is 12.0. The Balaban J connectivity index is 1.49. The van der Waals surface area contributed by atoms with Crippen molar-refractivity contribution < 1.29 is 28.6 Å². The Labute approximate surface area is 169 Å². The van der Waals surface area contributed by atoms with Crippen LogP contribution in [0.5, 0.6) is 23.0 Å². The smallest absolute Gasteiger partial charge is 0.265 e. The van der Waals surface area contributed by atoms with Crippen molar-refractivity contribution in [1.82, 2.24) is 0 Å². The van der Waals surface area contributed by atoms with Gasteiger partial charge in [-0.05, 0) is 36.8 Å². The fourth-order valence-corrected chi connectivity index (χ4v) is 2.61. The molecule has 1 aliphatic heterocycles. The molecule has 1 amide bonds. The molecule has 2 aromatic carbocycles. The number of carbonyl (C=O) groups is 1. The van der Waals surface area contributed by atoms with Crippen molar-refractivity contribution in [2.75, 3.05) is 38.9 Å². The third-order valence-electron chi connectivity index (χ3n) is 3.95. The van der Waals surface area contributed by atoms with Crippen LogP contribution in [0.1, 0.15) is 18.9 Å². The molecule has 0 radical (unpaired) electrons. The lowest BCUT2D eigenvalue weighted by Gasteiger charge is -2.18. The van der Waals surface area contributed by atoms with Gasteiger partial charge in [0.25, 0.3) is 5.91 Å². The molecule has 0 spiro atoms. The SMILES string of the molecule is CCCOc1ccc(/C=N\OCC(=O)Nc2ccc3c(c2)OCCO3)cc1OC. The van der Waals surface area contributed by atoms with Gasteiger partial charge in [0, 0.05) is 17.3 Å². The molecule has 2 aromatic rings. The van der Waals surface area contributed by atoms with Crippen molar-refractivity contribution >= 4 is 17.8 Å². The zero-order valence-electron chi connectivity index (χ0n) is 16.5. The Morgan fingerprint density at radius 1 is 1.14 bits per heavy atom. The fourth-order valence-electron chi connectivity index (χ4n) is 2.61. The molecule has 8 heteroatoms. The van der Waals surface area contributed by atoms with E-state index in [4.69, 9.17) is 23.8 Å². The van der Waals surface area contributed by atoms with Gasteiger partial charge in [0.2, 0.25) is 0 Å². The first kappa shape index (κ1) is 20.3. The van der Waals surface area contributed by atoms with Gasteiger partial charge in [0.15, 0.2) is 29.6 Å². The van der Waals surface area contributed by atoms with Gasteiger partial charge in [-0.1, -0.05) is 12.1 Å². The second-order valence-corrected chi connectivity index (χ2v) is 6.17. The summed E-state index contributed by atoms with van der Waals surface area (Å²) in [5.74, 6) is 2.22. The van der Waals surface area contributed by atoms with E-state index in [-0.39, 0.29) is 12.5 Å². The Kier molecular flexibility index (Phi) is 7.16. The fraction of sp³-hybridized carbons (Fsp3) is 0.333. The highest BCUT2D eigenvalue weighted by Gasteiger charge is 2.13. The van der Waals surface area contributed by atoms with E-state index in [9.17, 15) is 4.79 Å². The van der Waals surface area contributed by atoms with Crippen LogP contribution in [0, 0.1) is 0 Å². The minimum atomic E-state index is -0.334. The maximum atomic E-state index is 12.0. The van der Waals surface area contributed by atoms with Crippen LogP contribution >= 0.6 is 0 Å². The molecule has 0 bridgehead atoms. The molecular weight excluding hydrogens is 376 g/mol. The molecule has 0 aromatic heterocycles. The van der Waals surface area contributed by atoms with Gasteiger partial charge in [0.1, 0.15) is 13.2 Å². The Morgan fingerprint density at radius 2 is 1.97 bits per heavy atom. The van der Waals surface area contributed by atoms with Crippen LogP contribution in [-0.2, 0) is 9.63 Å². The van der Waals surface area contributed by atoms with E-state index in [1.807, 2.05) is 19.1 Å². The monoisotopic (exact) mass is 400 g/mol. The number of anilines is 1. The van der Waals surface area contributed by atoms with Crippen molar-refractivity contribution in [3.63, 3.8) is 0 Å². The average molecular weight is 400 g/mol. The second-order valence-electron chi connectivity index (χ2n) is 6.17. The summed E-state index contributed by atoms with van der Waals surface area (Å²) in [4.78, 5) is 17.1. The maximum Gasteiger partial charge on any atom is 0.265 e. The molecule has 0 aliphatic carbocycles. The van der Waals surface area contributed by atoms with Crippen molar-refractivity contribution in [3.05, 3.63) is 42.0 Å². The summed E-state index contributed by atoms with van der Waals surface area (Å²) >= 11 is 0. The number of methoxy groups -OCH3 is 1. The highest BCUT2D eigenvalue weighted by molar-refractivity contribution is 5.92. The number of fused-ring (bicyclic) bond motifs is 1. The van der Waals surface area contributed by atoms with Crippen molar-refractivity contribution in [2.45, 2.75) is 13.3 Å². The number of ether oxygens (including phenoxy) is 4. The van der Waals surface area contributed by atoms with Gasteiger partial charge in [-0.3, -0.25) is 4.79 Å². The number of rotatable bonds is 9. The molecule has 29 heavy (non-hydrogen) atoms. The normalized spacial score (nSPS) is 12.5. The summed E-state index contributed by atoms with van der Waals surface area (Å²) in [6, 6.07) is 10.6. The Bertz CT molecular complexity index is 868. The molecule has 0 unspecified atom stereocenters. The van der Waals surface area contributed by atoms with Crippen molar-refractivity contribution in [3.8, 4) is 23.0 Å². The first-order valence-electron chi connectivity index (χ1n) is 9.35. The van der Waals surface area contributed by atoms with Crippen LogP contribution in [0.2, 0.25) is 0 Å². The molecule has 1 aliphatic rings. The van der Waals surface area contributed by atoms with Gasteiger partial charge >= 0.3 is 0 Å². The minimum absolute atomic E-state index is 0.222. The number of nitrogens with zero attached hydrogens (tertiary/aromatic N) is 1. The molecule has 3 rings (SSSR count). The summed E-state index contributed by atoms with van der Waals surface area (Å²) in [7, 11) is 1.58. The van der Waals surface area contributed by atoms with E-state index < -0.39 is 0 Å². The van der Waals surface area contributed by atoms with Gasteiger partial charge < -0.3 is 29.1 Å². The lowest BCUT2D eigenvalue weighted by Crippen LogP contribution is -2.18. The molecule has 0 saturated heterocycles. The first-order chi connectivity index (χ1) is 14.2. The number of hydrogen-bond donors (Lipinski definition) is 1. The third kappa shape index (κ3) is 5.78. The van der Waals surface area contributed by atoms with E-state index in [0.29, 0.717) is 48.5 Å². The standard InChI is InChI=1S/C21H24N2O6/c1-3-8-26-17-6-4-15(11-19(17)25-2)13-22-29-14-21(24)23-16-5-7-18-20(12-16)28-10-9-27-18/h4-7,11-13H,3,8-10,14H2,1-2H3,(H,23,24)/b22-13-. The number of benzene rings is 2. The van der Waals surface area contributed by atoms with E-state index in [2.05, 4.69) is 10.5 Å². The molecule has 1 heterocycles. The number of amides is 1. The predicted octanol–water partition coefficient (Wildman–Crippen LogP) is 3.24. The first-order valence-corrected chi connectivity index (χ1v) is 9.35. The van der Waals surface area contributed by atoms with Gasteiger partial charge in [-0.15, -0.1) is 0 Å². The lowest BCUT2D eigenvalue weighted by molar-refractivity contribution is -0.120. The van der Waals surface area contributed by atoms with E-state index in [1.54, 1.807) is 31.4 Å². The van der Waals surface area contributed by atoms with E-state index in [1.165, 1.54) is 6.21 Å². The molecule has 1 N–H and O–H groups in total. The second kappa shape index (κ2) is 10.2. The van der Waals surface area contributed by atoms with Crippen LogP contribution in [0.25, 0.3) is 0 Å². The summed E-state index contributed by atoms with van der Waals surface area (Å²) in [5, 5.41) is 6.56. The van der Waals surface area contributed by atoms with Gasteiger partial charge in [-0.25, -0.2) is 0 Å². The van der Waals surface area contributed by atoms with Gasteiger partial charge in [-0.2, -0.15) is 0 Å². The number of hydrogen-bond acceptors (Lipinski definition) is 7. The van der Waals surface area contributed by atoms with Crippen LogP contribution < -0.4 is 24.3 Å². The molecule has 8 nitrogen and oxygen atoms in total. The molecule has 0 fully saturated rings. The molecule has 0 saturated carbocycles. The minimum Gasteiger partial charge on any atom is -0.493 e. The number of nitrogens with one attached hydrogen (secondary N) is 1. The van der Waals surface area contributed by atoms with Crippen molar-refractivity contribution in [1.29, 1.82) is 0 Å². The molecular formula is C21H24N2O6. The highest BCUT2D eigenvalue weighted by atomic mass is 16.6. The third-order valence-corrected chi connectivity index (χ3v) is 3.95. The topological polar surface area (TPSA) is 87.6 Å². The van der Waals surface area contributed by atoms with Crippen molar-refractivity contribution in [2.24, 2.45) is 5.16 Å². The summed E-state index contributed by atoms with van der Waals surface area (Å²) < 4.78 is 21.9. The Morgan fingerprint density at radius 3 is 2.76 bits per heavy atom. The summed E-state index contributed by atoms with van der Waals surface area (Å²) in [6.45, 7) is 3.43. The van der Waals surface area contributed by atoms with E-state index >= 15 is 0 Å². The lowest BCUT2D eigenvalue weighted by atomic mass is 10.2. The zero-order chi connectivity index (χ0) is 20.5. The van der Waals surface area contributed by atoms with Gasteiger partial charge in [0.05, 0.1) is 19.9 Å². The van der Waals surface area contributed by atoms with E-state index in [0.717, 1.165) is 12.0 Å². The van der Waals surface area contributed by atoms with Crippen LogP contribution in [0.15, 0.2) is 41.6 Å². The molecule has 0 atom stereocenters. The summed E-state index contributed by atoms with van der Waals surface area (Å²) in [6.07, 6.45) is 2.41. The average Bonchev–Trinajstić information content (AvgIpc) is 2.75. The molecule has 154 valence electrons. The zero-order valence-corrected chi connectivity index (χ0v) is 16.5.